The lowest BCUT2D eigenvalue weighted by atomic mass is 9.88. The Labute approximate surface area is 115 Å². The van der Waals surface area contributed by atoms with Gasteiger partial charge in [0.05, 0.1) is 0 Å². The van der Waals surface area contributed by atoms with Gasteiger partial charge in [0.1, 0.15) is 5.82 Å². The van der Waals surface area contributed by atoms with Gasteiger partial charge in [0.2, 0.25) is 0 Å². The van der Waals surface area contributed by atoms with Gasteiger partial charge in [0.25, 0.3) is 0 Å². The second kappa shape index (κ2) is 5.08. The predicted octanol–water partition coefficient (Wildman–Crippen LogP) is 4.20. The molecule has 1 aliphatic rings. The maximum Gasteiger partial charge on any atom is 0.125 e. The number of anilines is 1. The van der Waals surface area contributed by atoms with E-state index < -0.39 is 0 Å². The number of hydrogen-bond donors (Lipinski definition) is 1. The van der Waals surface area contributed by atoms with Crippen molar-refractivity contribution in [2.45, 2.75) is 45.4 Å². The number of nitrogens with zero attached hydrogens (tertiary/aromatic N) is 1. The summed E-state index contributed by atoms with van der Waals surface area (Å²) in [5, 5.41) is 3.44. The fraction of sp³-hybridized carbons (Fsp3) is 0.667. The van der Waals surface area contributed by atoms with Crippen LogP contribution in [0.1, 0.15) is 45.6 Å². The molecule has 0 atom stereocenters. The molecule has 1 heterocycles. The summed E-state index contributed by atoms with van der Waals surface area (Å²) >= 11 is 5.84. The highest BCUT2D eigenvalue weighted by atomic mass is 35.5. The molecule has 1 aliphatic carbocycles. The third-order valence-corrected chi connectivity index (χ3v) is 4.04. The first-order chi connectivity index (χ1) is 8.45. The lowest BCUT2D eigenvalue weighted by Gasteiger charge is -2.19. The summed E-state index contributed by atoms with van der Waals surface area (Å²) in [6, 6.07) is 4.24. The topological polar surface area (TPSA) is 24.9 Å². The smallest absolute Gasteiger partial charge is 0.125 e. The molecule has 1 aromatic rings. The molecule has 3 heteroatoms. The lowest BCUT2D eigenvalue weighted by molar-refractivity contribution is 0.523. The summed E-state index contributed by atoms with van der Waals surface area (Å²) < 4.78 is 0. The van der Waals surface area contributed by atoms with Crippen LogP contribution in [0.25, 0.3) is 0 Å². The zero-order chi connectivity index (χ0) is 13.2. The zero-order valence-electron chi connectivity index (χ0n) is 11.6. The summed E-state index contributed by atoms with van der Waals surface area (Å²) in [6.07, 6.45) is 5.69. The van der Waals surface area contributed by atoms with Gasteiger partial charge in [0, 0.05) is 18.6 Å². The van der Waals surface area contributed by atoms with E-state index in [0.29, 0.717) is 5.41 Å². The number of alkyl halides is 1. The minimum absolute atomic E-state index is 0.169. The van der Waals surface area contributed by atoms with Gasteiger partial charge in [-0.2, -0.15) is 0 Å². The summed E-state index contributed by atoms with van der Waals surface area (Å²) in [4.78, 5) is 4.49. The maximum absolute atomic E-state index is 5.84. The van der Waals surface area contributed by atoms with Gasteiger partial charge in [-0.05, 0) is 41.7 Å². The first kappa shape index (κ1) is 13.7. The van der Waals surface area contributed by atoms with Crippen LogP contribution in [0.4, 0.5) is 5.82 Å². The fourth-order valence-electron chi connectivity index (χ4n) is 2.11. The molecule has 0 spiro atoms. The van der Waals surface area contributed by atoms with E-state index in [0.717, 1.165) is 24.7 Å². The van der Waals surface area contributed by atoms with E-state index >= 15 is 0 Å². The summed E-state index contributed by atoms with van der Waals surface area (Å²) in [5.74, 6) is 1.74. The van der Waals surface area contributed by atoms with E-state index in [2.05, 4.69) is 43.2 Å². The molecule has 1 saturated carbocycles. The Kier molecular flexibility index (Phi) is 3.86. The third-order valence-electron chi connectivity index (χ3n) is 3.86. The molecule has 0 unspecified atom stereocenters. The van der Waals surface area contributed by atoms with Crippen molar-refractivity contribution in [3.8, 4) is 0 Å². The molecular formula is C15H23ClN2. The van der Waals surface area contributed by atoms with Crippen molar-refractivity contribution in [1.82, 2.24) is 4.98 Å². The number of rotatable bonds is 5. The Hall–Kier alpha value is -0.760. The van der Waals surface area contributed by atoms with Gasteiger partial charge in [-0.25, -0.2) is 4.98 Å². The van der Waals surface area contributed by atoms with Gasteiger partial charge < -0.3 is 5.32 Å². The quantitative estimate of drug-likeness (QED) is 0.808. The predicted molar refractivity (Wildman–Crippen MR) is 78.4 cm³/mol. The van der Waals surface area contributed by atoms with Crippen LogP contribution in [-0.2, 0) is 5.41 Å². The highest BCUT2D eigenvalue weighted by molar-refractivity contribution is 6.17. The van der Waals surface area contributed by atoms with Gasteiger partial charge in [-0.3, -0.25) is 0 Å². The first-order valence-electron chi connectivity index (χ1n) is 6.72. The molecular weight excluding hydrogens is 244 g/mol. The van der Waals surface area contributed by atoms with Crippen LogP contribution in [0.15, 0.2) is 18.3 Å². The average molecular weight is 267 g/mol. The summed E-state index contributed by atoms with van der Waals surface area (Å²) in [5.41, 5.74) is 1.89. The minimum atomic E-state index is 0.169. The minimum Gasteiger partial charge on any atom is -0.370 e. The number of pyridine rings is 1. The van der Waals surface area contributed by atoms with E-state index in [4.69, 9.17) is 11.6 Å². The van der Waals surface area contributed by atoms with E-state index in [9.17, 15) is 0 Å². The van der Waals surface area contributed by atoms with E-state index in [-0.39, 0.29) is 5.41 Å². The molecule has 0 bridgehead atoms. The van der Waals surface area contributed by atoms with Crippen LogP contribution in [-0.4, -0.2) is 17.4 Å². The monoisotopic (exact) mass is 266 g/mol. The summed E-state index contributed by atoms with van der Waals surface area (Å²) in [6.45, 7) is 7.62. The standard InChI is InChI=1S/C15H23ClN2/c1-14(2,3)12-4-5-13(17-10-12)18-11-15(6-7-15)8-9-16/h4-5,10H,6-9,11H2,1-3H3,(H,17,18). The van der Waals surface area contributed by atoms with Gasteiger partial charge in [-0.1, -0.05) is 26.8 Å². The molecule has 2 rings (SSSR count). The Morgan fingerprint density at radius 1 is 1.33 bits per heavy atom. The Morgan fingerprint density at radius 3 is 2.50 bits per heavy atom. The molecule has 1 aromatic heterocycles. The van der Waals surface area contributed by atoms with Crippen LogP contribution in [0.2, 0.25) is 0 Å². The molecule has 18 heavy (non-hydrogen) atoms. The van der Waals surface area contributed by atoms with Crippen molar-refractivity contribution in [3.63, 3.8) is 0 Å². The molecule has 2 nitrogen and oxygen atoms in total. The van der Waals surface area contributed by atoms with E-state index in [1.54, 1.807) is 0 Å². The zero-order valence-corrected chi connectivity index (χ0v) is 12.3. The van der Waals surface area contributed by atoms with Crippen LogP contribution in [0, 0.1) is 5.41 Å². The highest BCUT2D eigenvalue weighted by Gasteiger charge is 2.41. The van der Waals surface area contributed by atoms with Crippen LogP contribution >= 0.6 is 11.6 Å². The maximum atomic E-state index is 5.84. The second-order valence-corrected chi connectivity index (χ2v) is 6.85. The largest absolute Gasteiger partial charge is 0.370 e. The van der Waals surface area contributed by atoms with Crippen LogP contribution in [0.5, 0.6) is 0 Å². The van der Waals surface area contributed by atoms with Crippen molar-refractivity contribution in [1.29, 1.82) is 0 Å². The van der Waals surface area contributed by atoms with Crippen molar-refractivity contribution >= 4 is 17.4 Å². The summed E-state index contributed by atoms with van der Waals surface area (Å²) in [7, 11) is 0. The molecule has 0 aliphatic heterocycles. The van der Waals surface area contributed by atoms with Gasteiger partial charge in [0.15, 0.2) is 0 Å². The third kappa shape index (κ3) is 3.38. The SMILES string of the molecule is CC(C)(C)c1ccc(NCC2(CCCl)CC2)nc1. The Bertz CT molecular complexity index is 388. The molecule has 0 aromatic carbocycles. The van der Waals surface area contributed by atoms with Gasteiger partial charge >= 0.3 is 0 Å². The van der Waals surface area contributed by atoms with Crippen LogP contribution in [0.3, 0.4) is 0 Å². The number of halogens is 1. The lowest BCUT2D eigenvalue weighted by Crippen LogP contribution is -2.17. The number of aromatic nitrogens is 1. The van der Waals surface area contributed by atoms with Crippen LogP contribution < -0.4 is 5.32 Å². The van der Waals surface area contributed by atoms with Crippen molar-refractivity contribution in [2.75, 3.05) is 17.7 Å². The average Bonchev–Trinajstić information content (AvgIpc) is 3.07. The van der Waals surface area contributed by atoms with Crippen molar-refractivity contribution < 1.29 is 0 Å². The molecule has 100 valence electrons. The number of nitrogens with one attached hydrogen (secondary N) is 1. The normalized spacial score (nSPS) is 17.6. The van der Waals surface area contributed by atoms with E-state index in [1.165, 1.54) is 18.4 Å². The Balaban J connectivity index is 1.91. The highest BCUT2D eigenvalue weighted by Crippen LogP contribution is 2.48. The second-order valence-electron chi connectivity index (χ2n) is 6.47. The van der Waals surface area contributed by atoms with Crippen molar-refractivity contribution in [3.05, 3.63) is 23.9 Å². The molecule has 0 saturated heterocycles. The van der Waals surface area contributed by atoms with E-state index in [1.807, 2.05) is 6.20 Å². The Morgan fingerprint density at radius 2 is 2.06 bits per heavy atom. The molecule has 1 fully saturated rings. The first-order valence-corrected chi connectivity index (χ1v) is 7.25. The number of hydrogen-bond acceptors (Lipinski definition) is 2. The molecule has 0 radical (unpaired) electrons. The molecule has 1 N–H and O–H groups in total. The van der Waals surface area contributed by atoms with Crippen molar-refractivity contribution in [2.24, 2.45) is 5.41 Å². The molecule has 0 amide bonds. The van der Waals surface area contributed by atoms with Gasteiger partial charge in [-0.15, -0.1) is 11.6 Å². The fourth-order valence-corrected chi connectivity index (χ4v) is 2.51.